The maximum Gasteiger partial charge on any atom is 0.242 e. The molecule has 0 aliphatic rings. The molecule has 5 nitrogen and oxygen atoms in total. The summed E-state index contributed by atoms with van der Waals surface area (Å²) in [6, 6.07) is 21.6. The lowest BCUT2D eigenvalue weighted by Gasteiger charge is -2.31. The van der Waals surface area contributed by atoms with Crippen LogP contribution < -0.4 is 10.1 Å². The first-order chi connectivity index (χ1) is 16.1. The van der Waals surface area contributed by atoms with Crippen molar-refractivity contribution in [2.45, 2.75) is 52.1 Å². The molecule has 0 aromatic heterocycles. The van der Waals surface area contributed by atoms with Gasteiger partial charge in [0.15, 0.2) is 0 Å². The third-order valence-electron chi connectivity index (χ3n) is 5.94. The Kier molecular flexibility index (Phi) is 8.87. The van der Waals surface area contributed by atoms with Gasteiger partial charge in [0.2, 0.25) is 11.8 Å². The smallest absolute Gasteiger partial charge is 0.242 e. The third-order valence-corrected chi connectivity index (χ3v) is 5.94. The fraction of sp³-hybridized carbons (Fsp3) is 0.357. The Morgan fingerprint density at radius 1 is 0.970 bits per heavy atom. The van der Waals surface area contributed by atoms with Crippen molar-refractivity contribution in [3.8, 4) is 5.75 Å². The molecule has 0 saturated heterocycles. The Bertz CT molecular complexity index is 1060. The number of rotatable bonds is 11. The van der Waals surface area contributed by atoms with E-state index < -0.39 is 6.04 Å². The van der Waals surface area contributed by atoms with Gasteiger partial charge in [-0.2, -0.15) is 0 Å². The largest absolute Gasteiger partial charge is 0.497 e. The van der Waals surface area contributed by atoms with Gasteiger partial charge >= 0.3 is 0 Å². The fourth-order valence-corrected chi connectivity index (χ4v) is 4.11. The van der Waals surface area contributed by atoms with Crippen molar-refractivity contribution in [2.75, 3.05) is 13.7 Å². The number of methoxy groups -OCH3 is 1. The maximum absolute atomic E-state index is 13.5. The lowest BCUT2D eigenvalue weighted by atomic mass is 10.00. The molecule has 0 radical (unpaired) electrons. The van der Waals surface area contributed by atoms with Crippen molar-refractivity contribution in [3.05, 3.63) is 77.9 Å². The van der Waals surface area contributed by atoms with E-state index in [4.69, 9.17) is 4.74 Å². The highest BCUT2D eigenvalue weighted by Crippen LogP contribution is 2.22. The molecule has 0 bridgehead atoms. The molecule has 1 atom stereocenters. The van der Waals surface area contributed by atoms with E-state index in [0.717, 1.165) is 23.3 Å². The van der Waals surface area contributed by atoms with Gasteiger partial charge < -0.3 is 15.0 Å². The Balaban J connectivity index is 1.81. The average molecular weight is 447 g/mol. The number of hydrogen-bond acceptors (Lipinski definition) is 3. The molecule has 3 aromatic carbocycles. The summed E-state index contributed by atoms with van der Waals surface area (Å²) in [6.07, 6.45) is 2.40. The van der Waals surface area contributed by atoms with E-state index in [0.29, 0.717) is 32.4 Å². The van der Waals surface area contributed by atoms with Gasteiger partial charge in [0, 0.05) is 19.5 Å². The van der Waals surface area contributed by atoms with Crippen LogP contribution in [0.3, 0.4) is 0 Å². The number of carbonyl (C=O) groups excluding carboxylic acids is 2. The molecule has 5 heteroatoms. The highest BCUT2D eigenvalue weighted by molar-refractivity contribution is 5.89. The highest BCUT2D eigenvalue weighted by atomic mass is 16.5. The number of hydrogen-bond donors (Lipinski definition) is 1. The predicted molar refractivity (Wildman–Crippen MR) is 133 cm³/mol. The number of amides is 2. The molecule has 2 amide bonds. The SMILES string of the molecule is CCCNC(=O)C(CC)N(Cc1ccc(OC)cc1)C(=O)CCc1cccc2ccccc12. The molecule has 0 aliphatic carbocycles. The molecule has 0 aliphatic heterocycles. The van der Waals surface area contributed by atoms with Crippen molar-refractivity contribution in [1.29, 1.82) is 0 Å². The first kappa shape index (κ1) is 24.3. The molecule has 1 N–H and O–H groups in total. The van der Waals surface area contributed by atoms with E-state index in [1.54, 1.807) is 12.0 Å². The molecular weight excluding hydrogens is 412 g/mol. The summed E-state index contributed by atoms with van der Waals surface area (Å²) in [5, 5.41) is 5.31. The van der Waals surface area contributed by atoms with Crippen LogP contribution in [-0.2, 0) is 22.6 Å². The summed E-state index contributed by atoms with van der Waals surface area (Å²) in [4.78, 5) is 28.1. The van der Waals surface area contributed by atoms with E-state index in [-0.39, 0.29) is 11.8 Å². The standard InChI is InChI=1S/C28H34N2O3/c1-4-19-29-28(32)26(5-2)30(20-21-13-16-24(33-3)17-14-21)27(31)18-15-23-11-8-10-22-9-6-7-12-25(22)23/h6-14,16-17,26H,4-5,15,18-20H2,1-3H3,(H,29,32). The first-order valence-corrected chi connectivity index (χ1v) is 11.7. The second-order valence-corrected chi connectivity index (χ2v) is 8.22. The van der Waals surface area contributed by atoms with Crippen LogP contribution in [0, 0.1) is 0 Å². The van der Waals surface area contributed by atoms with Crippen LogP contribution in [0.1, 0.15) is 44.2 Å². The number of nitrogens with zero attached hydrogens (tertiary/aromatic N) is 1. The summed E-state index contributed by atoms with van der Waals surface area (Å²) in [5.41, 5.74) is 2.12. The summed E-state index contributed by atoms with van der Waals surface area (Å²) < 4.78 is 5.25. The number of benzene rings is 3. The normalized spacial score (nSPS) is 11.7. The van der Waals surface area contributed by atoms with Crippen molar-refractivity contribution in [3.63, 3.8) is 0 Å². The van der Waals surface area contributed by atoms with E-state index in [9.17, 15) is 9.59 Å². The van der Waals surface area contributed by atoms with Gasteiger partial charge in [-0.05, 0) is 53.3 Å². The number of nitrogens with one attached hydrogen (secondary N) is 1. The van der Waals surface area contributed by atoms with Crippen molar-refractivity contribution < 1.29 is 14.3 Å². The van der Waals surface area contributed by atoms with E-state index in [2.05, 4.69) is 29.6 Å². The number of ether oxygens (including phenoxy) is 1. The summed E-state index contributed by atoms with van der Waals surface area (Å²) >= 11 is 0. The zero-order valence-electron chi connectivity index (χ0n) is 19.8. The predicted octanol–water partition coefficient (Wildman–Crippen LogP) is 5.11. The summed E-state index contributed by atoms with van der Waals surface area (Å²) in [6.45, 7) is 4.97. The van der Waals surface area contributed by atoms with E-state index in [1.807, 2.05) is 56.3 Å². The highest BCUT2D eigenvalue weighted by Gasteiger charge is 2.28. The minimum Gasteiger partial charge on any atom is -0.497 e. The minimum absolute atomic E-state index is 0.0164. The van der Waals surface area contributed by atoms with Gasteiger partial charge in [-0.15, -0.1) is 0 Å². The molecule has 0 spiro atoms. The Hall–Kier alpha value is -3.34. The molecule has 0 heterocycles. The second-order valence-electron chi connectivity index (χ2n) is 8.22. The van der Waals surface area contributed by atoms with Gasteiger partial charge in [-0.25, -0.2) is 0 Å². The van der Waals surface area contributed by atoms with E-state index in [1.165, 1.54) is 10.8 Å². The maximum atomic E-state index is 13.5. The number of aryl methyl sites for hydroxylation is 1. The van der Waals surface area contributed by atoms with E-state index >= 15 is 0 Å². The summed E-state index contributed by atoms with van der Waals surface area (Å²) in [7, 11) is 1.63. The van der Waals surface area contributed by atoms with Crippen LogP contribution in [0.4, 0.5) is 0 Å². The topological polar surface area (TPSA) is 58.6 Å². The lowest BCUT2D eigenvalue weighted by molar-refractivity contribution is -0.141. The van der Waals surface area contributed by atoms with Crippen LogP contribution in [-0.4, -0.2) is 36.4 Å². The van der Waals surface area contributed by atoms with Crippen molar-refractivity contribution in [1.82, 2.24) is 10.2 Å². The quantitative estimate of drug-likeness (QED) is 0.445. The lowest BCUT2D eigenvalue weighted by Crippen LogP contribution is -2.49. The number of carbonyl (C=O) groups is 2. The van der Waals surface area contributed by atoms with Crippen LogP contribution in [0.15, 0.2) is 66.7 Å². The molecule has 3 rings (SSSR count). The molecular formula is C28H34N2O3. The van der Waals surface area contributed by atoms with Crippen LogP contribution in [0.2, 0.25) is 0 Å². The van der Waals surface area contributed by atoms with Gasteiger partial charge in [-0.1, -0.05) is 68.4 Å². The fourth-order valence-electron chi connectivity index (χ4n) is 4.11. The zero-order valence-corrected chi connectivity index (χ0v) is 19.8. The summed E-state index contributed by atoms with van der Waals surface area (Å²) in [5.74, 6) is 0.656. The van der Waals surface area contributed by atoms with Gasteiger partial charge in [-0.3, -0.25) is 9.59 Å². The molecule has 0 saturated carbocycles. The van der Waals surface area contributed by atoms with Crippen LogP contribution in [0.5, 0.6) is 5.75 Å². The second kappa shape index (κ2) is 12.0. The molecule has 1 unspecified atom stereocenters. The average Bonchev–Trinajstić information content (AvgIpc) is 2.86. The number of fused-ring (bicyclic) bond motifs is 1. The molecule has 0 fully saturated rings. The Labute approximate surface area is 196 Å². The van der Waals surface area contributed by atoms with Crippen molar-refractivity contribution >= 4 is 22.6 Å². The minimum atomic E-state index is -0.501. The van der Waals surface area contributed by atoms with Gasteiger partial charge in [0.1, 0.15) is 11.8 Å². The molecule has 174 valence electrons. The van der Waals surface area contributed by atoms with Crippen molar-refractivity contribution in [2.24, 2.45) is 0 Å². The van der Waals surface area contributed by atoms with Gasteiger partial charge in [0.05, 0.1) is 7.11 Å². The monoisotopic (exact) mass is 446 g/mol. The first-order valence-electron chi connectivity index (χ1n) is 11.7. The third kappa shape index (κ3) is 6.35. The Morgan fingerprint density at radius 3 is 2.39 bits per heavy atom. The van der Waals surface area contributed by atoms with Crippen LogP contribution in [0.25, 0.3) is 10.8 Å². The molecule has 33 heavy (non-hydrogen) atoms. The van der Waals surface area contributed by atoms with Gasteiger partial charge in [0.25, 0.3) is 0 Å². The van der Waals surface area contributed by atoms with Crippen LogP contribution >= 0.6 is 0 Å². The zero-order chi connectivity index (χ0) is 23.6. The molecule has 3 aromatic rings. The Morgan fingerprint density at radius 2 is 1.70 bits per heavy atom.